The number of allylic oxidation sites excluding steroid dienone is 1. The van der Waals surface area contributed by atoms with Crippen molar-refractivity contribution in [3.05, 3.63) is 41.5 Å². The highest BCUT2D eigenvalue weighted by Crippen LogP contribution is 2.28. The first-order chi connectivity index (χ1) is 7.81. The Morgan fingerprint density at radius 2 is 2.00 bits per heavy atom. The number of aromatic nitrogens is 2. The molecular formula is C12H8N2O2. The molecule has 0 aliphatic heterocycles. The molecule has 1 aliphatic carbocycles. The van der Waals surface area contributed by atoms with E-state index in [1.165, 1.54) is 7.11 Å². The molecule has 2 aromatic rings. The van der Waals surface area contributed by atoms with Crippen molar-refractivity contribution in [2.45, 2.75) is 0 Å². The van der Waals surface area contributed by atoms with Crippen LogP contribution in [0.5, 0.6) is 0 Å². The lowest BCUT2D eigenvalue weighted by atomic mass is 9.98. The molecule has 4 nitrogen and oxygen atoms in total. The number of ether oxygens (including phenoxy) is 1. The number of hydrogen-bond acceptors (Lipinski definition) is 4. The summed E-state index contributed by atoms with van der Waals surface area (Å²) in [6.45, 7) is 0. The molecule has 0 unspecified atom stereocenters. The molecule has 0 saturated heterocycles. The Labute approximate surface area is 91.6 Å². The van der Waals surface area contributed by atoms with Gasteiger partial charge in [0.1, 0.15) is 5.69 Å². The summed E-state index contributed by atoms with van der Waals surface area (Å²) >= 11 is 0. The van der Waals surface area contributed by atoms with Crippen molar-refractivity contribution < 1.29 is 9.53 Å². The molecule has 0 fully saturated rings. The van der Waals surface area contributed by atoms with Crippen LogP contribution in [0, 0.1) is 0 Å². The van der Waals surface area contributed by atoms with Crippen molar-refractivity contribution in [2.75, 3.05) is 7.11 Å². The number of carbonyl (C=O) groups excluding carboxylic acids is 1. The van der Waals surface area contributed by atoms with Crippen LogP contribution in [0.4, 0.5) is 0 Å². The third-order valence-corrected chi connectivity index (χ3v) is 2.63. The molecule has 0 saturated carbocycles. The predicted octanol–water partition coefficient (Wildman–Crippen LogP) is 1.81. The molecule has 0 radical (unpaired) electrons. The second-order valence-electron chi connectivity index (χ2n) is 3.50. The lowest BCUT2D eigenvalue weighted by Crippen LogP contribution is -2.12. The van der Waals surface area contributed by atoms with Crippen molar-refractivity contribution in [3.63, 3.8) is 0 Å². The van der Waals surface area contributed by atoms with Gasteiger partial charge in [0, 0.05) is 17.8 Å². The molecule has 1 aliphatic rings. The Kier molecular flexibility index (Phi) is 1.77. The van der Waals surface area contributed by atoms with Gasteiger partial charge in [0.15, 0.2) is 5.76 Å². The number of ketones is 1. The van der Waals surface area contributed by atoms with Gasteiger partial charge in [0.25, 0.3) is 0 Å². The Bertz CT molecular complexity index is 627. The summed E-state index contributed by atoms with van der Waals surface area (Å²) in [5.41, 5.74) is 2.12. The number of methoxy groups -OCH3 is 1. The van der Waals surface area contributed by atoms with Gasteiger partial charge in [-0.3, -0.25) is 14.8 Å². The summed E-state index contributed by atoms with van der Waals surface area (Å²) < 4.78 is 5.04. The molecule has 0 spiro atoms. The van der Waals surface area contributed by atoms with Crippen LogP contribution in [0.1, 0.15) is 16.1 Å². The van der Waals surface area contributed by atoms with Crippen LogP contribution in [0.2, 0.25) is 0 Å². The van der Waals surface area contributed by atoms with Crippen LogP contribution in [0.25, 0.3) is 17.0 Å². The van der Waals surface area contributed by atoms with Crippen LogP contribution in [0.15, 0.2) is 30.3 Å². The summed E-state index contributed by atoms with van der Waals surface area (Å²) in [4.78, 5) is 20.3. The van der Waals surface area contributed by atoms with Crippen molar-refractivity contribution in [2.24, 2.45) is 0 Å². The minimum absolute atomic E-state index is 0.186. The van der Waals surface area contributed by atoms with Gasteiger partial charge in [-0.15, -0.1) is 0 Å². The monoisotopic (exact) mass is 212 g/mol. The second-order valence-corrected chi connectivity index (χ2v) is 3.50. The van der Waals surface area contributed by atoms with E-state index in [-0.39, 0.29) is 5.78 Å². The number of Topliss-reactive ketones (excluding diaryl/α,β-unsaturated/α-hetero) is 1. The molecule has 0 atom stereocenters. The normalized spacial score (nSPS) is 13.8. The first-order valence-electron chi connectivity index (χ1n) is 4.85. The molecule has 78 valence electrons. The first kappa shape index (κ1) is 9.03. The number of carbonyl (C=O) groups is 1. The molecule has 4 heteroatoms. The maximum absolute atomic E-state index is 12.0. The van der Waals surface area contributed by atoms with Crippen LogP contribution in [-0.2, 0) is 4.74 Å². The van der Waals surface area contributed by atoms with Gasteiger partial charge < -0.3 is 4.74 Å². The fourth-order valence-corrected chi connectivity index (χ4v) is 1.89. The van der Waals surface area contributed by atoms with Crippen molar-refractivity contribution in [1.82, 2.24) is 9.97 Å². The first-order valence-corrected chi connectivity index (χ1v) is 4.85. The molecule has 16 heavy (non-hydrogen) atoms. The molecule has 0 aromatic carbocycles. The van der Waals surface area contributed by atoms with Crippen molar-refractivity contribution >= 4 is 22.8 Å². The van der Waals surface area contributed by atoms with Crippen LogP contribution < -0.4 is 0 Å². The van der Waals surface area contributed by atoms with Gasteiger partial charge in [0.2, 0.25) is 5.78 Å². The molecule has 2 heterocycles. The van der Waals surface area contributed by atoms with E-state index in [4.69, 9.17) is 4.74 Å². The Morgan fingerprint density at radius 1 is 1.19 bits per heavy atom. The van der Waals surface area contributed by atoms with Gasteiger partial charge in [-0.05, 0) is 23.8 Å². The standard InChI is InChI=1S/C12H8N2O2/c1-16-9-6-7-2-4-13-8-3-5-14-11(10(7)8)12(9)15/h2-6H,1H3. The maximum atomic E-state index is 12.0. The SMILES string of the molecule is COC1=Cc2ccnc3ccnc(c23)C1=O. The van der Waals surface area contributed by atoms with E-state index in [9.17, 15) is 4.79 Å². The van der Waals surface area contributed by atoms with Crippen molar-refractivity contribution in [3.8, 4) is 0 Å². The summed E-state index contributed by atoms with van der Waals surface area (Å²) in [7, 11) is 1.48. The highest BCUT2D eigenvalue weighted by Gasteiger charge is 2.23. The molecule has 0 bridgehead atoms. The minimum Gasteiger partial charge on any atom is -0.493 e. The highest BCUT2D eigenvalue weighted by atomic mass is 16.5. The number of nitrogens with zero attached hydrogens (tertiary/aromatic N) is 2. The zero-order chi connectivity index (χ0) is 11.1. The zero-order valence-corrected chi connectivity index (χ0v) is 8.60. The smallest absolute Gasteiger partial charge is 0.246 e. The van der Waals surface area contributed by atoms with E-state index in [0.29, 0.717) is 11.5 Å². The molecular weight excluding hydrogens is 204 g/mol. The van der Waals surface area contributed by atoms with E-state index >= 15 is 0 Å². The summed E-state index contributed by atoms with van der Waals surface area (Å²) in [6.07, 6.45) is 5.02. The predicted molar refractivity (Wildman–Crippen MR) is 58.9 cm³/mol. The Balaban J connectivity index is 2.45. The van der Waals surface area contributed by atoms with E-state index < -0.39 is 0 Å². The molecule has 0 amide bonds. The van der Waals surface area contributed by atoms with Crippen LogP contribution in [-0.4, -0.2) is 22.9 Å². The van der Waals surface area contributed by atoms with Gasteiger partial charge >= 0.3 is 0 Å². The largest absolute Gasteiger partial charge is 0.493 e. The average Bonchev–Trinajstić information content (AvgIpc) is 2.33. The van der Waals surface area contributed by atoms with Gasteiger partial charge in [-0.1, -0.05) is 0 Å². The Morgan fingerprint density at radius 3 is 2.81 bits per heavy atom. The van der Waals surface area contributed by atoms with Crippen LogP contribution >= 0.6 is 0 Å². The van der Waals surface area contributed by atoms with Crippen LogP contribution in [0.3, 0.4) is 0 Å². The van der Waals surface area contributed by atoms with Gasteiger partial charge in [-0.2, -0.15) is 0 Å². The second kappa shape index (κ2) is 3.13. The number of hydrogen-bond donors (Lipinski definition) is 0. The number of pyridine rings is 2. The quantitative estimate of drug-likeness (QED) is 0.723. The lowest BCUT2D eigenvalue weighted by molar-refractivity contribution is 0.0953. The third kappa shape index (κ3) is 1.07. The fourth-order valence-electron chi connectivity index (χ4n) is 1.89. The average molecular weight is 212 g/mol. The zero-order valence-electron chi connectivity index (χ0n) is 8.60. The lowest BCUT2D eigenvalue weighted by Gasteiger charge is -2.13. The molecule has 3 rings (SSSR count). The van der Waals surface area contributed by atoms with E-state index in [2.05, 4.69) is 9.97 Å². The van der Waals surface area contributed by atoms with Gasteiger partial charge in [0.05, 0.1) is 12.6 Å². The summed E-state index contributed by atoms with van der Waals surface area (Å²) in [6, 6.07) is 3.64. The summed E-state index contributed by atoms with van der Waals surface area (Å²) in [5, 5.41) is 0.802. The summed E-state index contributed by atoms with van der Waals surface area (Å²) in [5.74, 6) is 0.132. The highest BCUT2D eigenvalue weighted by molar-refractivity contribution is 6.19. The molecule has 2 aromatic heterocycles. The van der Waals surface area contributed by atoms with E-state index in [1.807, 2.05) is 6.07 Å². The van der Waals surface area contributed by atoms with E-state index in [1.54, 1.807) is 24.5 Å². The van der Waals surface area contributed by atoms with Gasteiger partial charge in [-0.25, -0.2) is 0 Å². The minimum atomic E-state index is -0.186. The fraction of sp³-hybridized carbons (Fsp3) is 0.0833. The van der Waals surface area contributed by atoms with E-state index in [0.717, 1.165) is 16.5 Å². The topological polar surface area (TPSA) is 52.1 Å². The Hall–Kier alpha value is -2.23. The third-order valence-electron chi connectivity index (χ3n) is 2.63. The number of rotatable bonds is 1. The van der Waals surface area contributed by atoms with Crippen molar-refractivity contribution in [1.29, 1.82) is 0 Å². The maximum Gasteiger partial charge on any atom is 0.246 e. The molecule has 0 N–H and O–H groups in total.